The number of carbonyl (C=O) groups is 2. The van der Waals surface area contributed by atoms with Crippen LogP contribution in [0.1, 0.15) is 13.3 Å². The van der Waals surface area contributed by atoms with E-state index in [2.05, 4.69) is 17.6 Å². The minimum absolute atomic E-state index is 0.726. The van der Waals surface area contributed by atoms with Crippen molar-refractivity contribution in [3.63, 3.8) is 0 Å². The van der Waals surface area contributed by atoms with Gasteiger partial charge in [0.2, 0.25) is 0 Å². The van der Waals surface area contributed by atoms with Gasteiger partial charge in [-0.3, -0.25) is 0 Å². The van der Waals surface area contributed by atoms with E-state index in [1.807, 2.05) is 0 Å². The largest absolute Gasteiger partial charge is 0.490 e. The minimum Gasteiger partial charge on any atom is -0.475 e. The van der Waals surface area contributed by atoms with Crippen molar-refractivity contribution in [2.75, 3.05) is 19.6 Å². The van der Waals surface area contributed by atoms with Gasteiger partial charge in [0.15, 0.2) is 0 Å². The zero-order valence-corrected chi connectivity index (χ0v) is 11.4. The summed E-state index contributed by atoms with van der Waals surface area (Å²) in [5.74, 6) is -5.51. The van der Waals surface area contributed by atoms with Crippen molar-refractivity contribution in [1.82, 2.24) is 10.6 Å². The molecule has 132 valence electrons. The van der Waals surface area contributed by atoms with Gasteiger partial charge in [-0.15, -0.1) is 0 Å². The summed E-state index contributed by atoms with van der Waals surface area (Å²) in [4.78, 5) is 17.8. The number of nitrogens with one attached hydrogen (secondary N) is 2. The van der Waals surface area contributed by atoms with Crippen molar-refractivity contribution in [3.05, 3.63) is 0 Å². The van der Waals surface area contributed by atoms with Crippen LogP contribution in [0, 0.1) is 0 Å². The monoisotopic (exact) mass is 342 g/mol. The quantitative estimate of drug-likeness (QED) is 0.535. The molecule has 1 rings (SSSR count). The zero-order chi connectivity index (χ0) is 18.0. The number of alkyl halides is 6. The molecule has 12 heteroatoms. The number of hydrogen-bond acceptors (Lipinski definition) is 4. The predicted molar refractivity (Wildman–Crippen MR) is 62.3 cm³/mol. The smallest absolute Gasteiger partial charge is 0.475 e. The van der Waals surface area contributed by atoms with Crippen molar-refractivity contribution >= 4 is 11.9 Å². The summed E-state index contributed by atoms with van der Waals surface area (Å²) in [5.41, 5.74) is 0. The number of aliphatic carboxylic acids is 2. The zero-order valence-electron chi connectivity index (χ0n) is 11.4. The third-order valence-corrected chi connectivity index (χ3v) is 2.10. The normalized spacial score (nSPS) is 18.2. The van der Waals surface area contributed by atoms with E-state index >= 15 is 0 Å². The van der Waals surface area contributed by atoms with E-state index in [4.69, 9.17) is 19.8 Å². The van der Waals surface area contributed by atoms with Gasteiger partial charge in [-0.2, -0.15) is 26.3 Å². The minimum atomic E-state index is -5.08. The van der Waals surface area contributed by atoms with Gasteiger partial charge in [0, 0.05) is 25.7 Å². The summed E-state index contributed by atoms with van der Waals surface area (Å²) in [6, 6.07) is 0.726. The number of rotatable bonds is 1. The molecule has 4 N–H and O–H groups in total. The average Bonchev–Trinajstić information content (AvgIpc) is 2.39. The maximum Gasteiger partial charge on any atom is 0.490 e. The van der Waals surface area contributed by atoms with E-state index in [-0.39, 0.29) is 0 Å². The molecule has 0 spiro atoms. The van der Waals surface area contributed by atoms with E-state index in [1.54, 1.807) is 0 Å². The lowest BCUT2D eigenvalue weighted by Gasteiger charge is -2.22. The van der Waals surface area contributed by atoms with Gasteiger partial charge in [0.1, 0.15) is 0 Å². The van der Waals surface area contributed by atoms with E-state index in [1.165, 1.54) is 6.42 Å². The lowest BCUT2D eigenvalue weighted by atomic mass is 10.2. The van der Waals surface area contributed by atoms with E-state index < -0.39 is 24.3 Å². The van der Waals surface area contributed by atoms with Crippen LogP contribution in [0.5, 0.6) is 0 Å². The highest BCUT2D eigenvalue weighted by atomic mass is 19.4. The van der Waals surface area contributed by atoms with Crippen molar-refractivity contribution in [1.29, 1.82) is 0 Å². The molecule has 0 aromatic heterocycles. The van der Waals surface area contributed by atoms with Gasteiger partial charge in [-0.25, -0.2) is 9.59 Å². The first-order valence-electron chi connectivity index (χ1n) is 5.86. The standard InChI is InChI=1S/C6H14N2.2C2HF3O2/c1-2-6-5-7-3-4-8-6;2*3-2(4,5)1(6)7/h6-8H,2-5H2,1H3;2*(H,6,7). The van der Waals surface area contributed by atoms with Gasteiger partial charge in [-0.1, -0.05) is 6.92 Å². The summed E-state index contributed by atoms with van der Waals surface area (Å²) in [5, 5.41) is 21.0. The van der Waals surface area contributed by atoms with Crippen LogP contribution >= 0.6 is 0 Å². The van der Waals surface area contributed by atoms with Crippen molar-refractivity contribution in [2.45, 2.75) is 31.7 Å². The Bertz CT molecular complexity index is 315. The van der Waals surface area contributed by atoms with E-state index in [0.29, 0.717) is 0 Å². The SMILES string of the molecule is CCC1CNCCN1.O=C(O)C(F)(F)F.O=C(O)C(F)(F)F. The second-order valence-corrected chi connectivity index (χ2v) is 3.87. The highest BCUT2D eigenvalue weighted by Crippen LogP contribution is 2.13. The second kappa shape index (κ2) is 10.2. The Morgan fingerprint density at radius 3 is 1.50 bits per heavy atom. The molecule has 0 aliphatic carbocycles. The lowest BCUT2D eigenvalue weighted by Crippen LogP contribution is -2.47. The third-order valence-electron chi connectivity index (χ3n) is 2.10. The fourth-order valence-electron chi connectivity index (χ4n) is 1.00. The molecule has 0 amide bonds. The number of carboxylic acid groups (broad SMARTS) is 2. The predicted octanol–water partition coefficient (Wildman–Crippen LogP) is 1.22. The van der Waals surface area contributed by atoms with Crippen molar-refractivity contribution in [3.8, 4) is 0 Å². The number of hydrogen-bond donors (Lipinski definition) is 4. The molecule has 0 radical (unpaired) electrons. The number of carboxylic acids is 2. The van der Waals surface area contributed by atoms with Gasteiger partial charge in [-0.05, 0) is 6.42 Å². The Labute approximate surface area is 121 Å². The summed E-state index contributed by atoms with van der Waals surface area (Å²) in [7, 11) is 0. The summed E-state index contributed by atoms with van der Waals surface area (Å²) in [6.45, 7) is 5.64. The number of piperazine rings is 1. The Morgan fingerprint density at radius 1 is 1.00 bits per heavy atom. The molecule has 1 heterocycles. The Balaban J connectivity index is 0. The Hall–Kier alpha value is -1.56. The van der Waals surface area contributed by atoms with Crippen LogP contribution < -0.4 is 10.6 Å². The second-order valence-electron chi connectivity index (χ2n) is 3.87. The van der Waals surface area contributed by atoms with Gasteiger partial charge in [0.25, 0.3) is 0 Å². The summed E-state index contributed by atoms with van der Waals surface area (Å²) in [6.07, 6.45) is -8.92. The molecule has 0 bridgehead atoms. The number of halogens is 6. The molecule has 6 nitrogen and oxygen atoms in total. The molecule has 1 aliphatic heterocycles. The fraction of sp³-hybridized carbons (Fsp3) is 0.800. The van der Waals surface area contributed by atoms with Crippen LogP contribution in [0.2, 0.25) is 0 Å². The van der Waals surface area contributed by atoms with Crippen LogP contribution in [-0.2, 0) is 9.59 Å². The fourth-order valence-corrected chi connectivity index (χ4v) is 1.00. The first kappa shape index (κ1) is 22.7. The van der Waals surface area contributed by atoms with Crippen molar-refractivity contribution < 1.29 is 46.1 Å². The molecule has 1 saturated heterocycles. The molecule has 1 atom stereocenters. The maximum absolute atomic E-state index is 10.6. The molecule has 0 aromatic rings. The molecule has 1 unspecified atom stereocenters. The molecule has 0 saturated carbocycles. The molecular formula is C10H16F6N2O4. The van der Waals surface area contributed by atoms with Gasteiger partial charge < -0.3 is 20.8 Å². The highest BCUT2D eigenvalue weighted by Gasteiger charge is 2.38. The molecule has 1 aliphatic rings. The first-order chi connectivity index (χ1) is 9.82. The van der Waals surface area contributed by atoms with Gasteiger partial charge >= 0.3 is 24.3 Å². The van der Waals surface area contributed by atoms with Crippen LogP contribution in [0.15, 0.2) is 0 Å². The Kier molecular flexibility index (Phi) is 10.5. The first-order valence-corrected chi connectivity index (χ1v) is 5.86. The molecule has 1 fully saturated rings. The average molecular weight is 342 g/mol. The van der Waals surface area contributed by atoms with Crippen LogP contribution in [0.3, 0.4) is 0 Å². The maximum atomic E-state index is 10.6. The van der Waals surface area contributed by atoms with Crippen LogP contribution in [-0.4, -0.2) is 60.2 Å². The Morgan fingerprint density at radius 2 is 1.36 bits per heavy atom. The lowest BCUT2D eigenvalue weighted by molar-refractivity contribution is -0.193. The molecule has 22 heavy (non-hydrogen) atoms. The van der Waals surface area contributed by atoms with E-state index in [9.17, 15) is 26.3 Å². The topological polar surface area (TPSA) is 98.7 Å². The van der Waals surface area contributed by atoms with Gasteiger partial charge in [0.05, 0.1) is 0 Å². The van der Waals surface area contributed by atoms with E-state index in [0.717, 1.165) is 25.7 Å². The molecule has 0 aromatic carbocycles. The molecular weight excluding hydrogens is 326 g/mol. The highest BCUT2D eigenvalue weighted by molar-refractivity contribution is 5.73. The van der Waals surface area contributed by atoms with Crippen LogP contribution in [0.25, 0.3) is 0 Å². The van der Waals surface area contributed by atoms with Crippen LogP contribution in [0.4, 0.5) is 26.3 Å². The summed E-state index contributed by atoms with van der Waals surface area (Å²) >= 11 is 0. The third kappa shape index (κ3) is 13.4. The van der Waals surface area contributed by atoms with Crippen molar-refractivity contribution in [2.24, 2.45) is 0 Å². The summed E-state index contributed by atoms with van der Waals surface area (Å²) < 4.78 is 63.5.